The van der Waals surface area contributed by atoms with Crippen molar-refractivity contribution < 1.29 is 14.6 Å². The highest BCUT2D eigenvalue weighted by Gasteiger charge is 2.27. The second-order valence-electron chi connectivity index (χ2n) is 4.25. The highest BCUT2D eigenvalue weighted by Crippen LogP contribution is 2.29. The second kappa shape index (κ2) is 5.35. The van der Waals surface area contributed by atoms with E-state index in [0.29, 0.717) is 0 Å². The van der Waals surface area contributed by atoms with E-state index in [4.69, 9.17) is 10.1 Å². The molecule has 1 fully saturated rings. The number of carbonyl (C=O) groups is 1. The molecule has 0 heterocycles. The van der Waals surface area contributed by atoms with Crippen molar-refractivity contribution in [2.75, 3.05) is 5.48 Å². The Balaban J connectivity index is 2.08. The summed E-state index contributed by atoms with van der Waals surface area (Å²) in [4.78, 5) is 26.5. The van der Waals surface area contributed by atoms with E-state index in [0.717, 1.165) is 25.3 Å². The van der Waals surface area contributed by atoms with Crippen molar-refractivity contribution in [2.45, 2.75) is 19.3 Å². The third kappa shape index (κ3) is 2.80. The van der Waals surface area contributed by atoms with Crippen LogP contribution in [0.2, 0.25) is 0 Å². The number of anilines is 1. The topological polar surface area (TPSA) is 105 Å². The first-order chi connectivity index (χ1) is 9.11. The van der Waals surface area contributed by atoms with E-state index in [1.807, 2.05) is 6.07 Å². The predicted octanol–water partition coefficient (Wildman–Crippen LogP) is 2.14. The Morgan fingerprint density at radius 1 is 1.53 bits per heavy atom. The molecule has 2 rings (SSSR count). The fraction of sp³-hybridized carbons (Fsp3) is 0.333. The number of rotatable bonds is 4. The van der Waals surface area contributed by atoms with Crippen molar-refractivity contribution in [1.29, 1.82) is 5.26 Å². The van der Waals surface area contributed by atoms with E-state index in [1.54, 1.807) is 0 Å². The number of nitro groups is 1. The van der Waals surface area contributed by atoms with Gasteiger partial charge in [-0.2, -0.15) is 5.26 Å². The molecule has 1 saturated carbocycles. The highest BCUT2D eigenvalue weighted by molar-refractivity contribution is 5.75. The summed E-state index contributed by atoms with van der Waals surface area (Å²) in [6.07, 6.45) is 2.57. The molecular weight excluding hydrogens is 250 g/mol. The quantitative estimate of drug-likeness (QED) is 0.657. The molecule has 0 amide bonds. The fourth-order valence-electron chi connectivity index (χ4n) is 1.67. The van der Waals surface area contributed by atoms with Crippen molar-refractivity contribution in [1.82, 2.24) is 0 Å². The van der Waals surface area contributed by atoms with Gasteiger partial charge in [-0.05, 0) is 25.0 Å². The highest BCUT2D eigenvalue weighted by atomic mass is 16.7. The Labute approximate surface area is 108 Å². The molecule has 0 bridgehead atoms. The van der Waals surface area contributed by atoms with Crippen LogP contribution in [0.1, 0.15) is 24.8 Å². The average molecular weight is 261 g/mol. The molecule has 0 atom stereocenters. The van der Waals surface area contributed by atoms with Crippen LogP contribution < -0.4 is 5.48 Å². The molecule has 0 aromatic heterocycles. The van der Waals surface area contributed by atoms with Gasteiger partial charge in [-0.3, -0.25) is 10.1 Å². The minimum absolute atomic E-state index is 0.0525. The summed E-state index contributed by atoms with van der Waals surface area (Å²) < 4.78 is 0. The molecule has 0 aliphatic heterocycles. The number of carbonyl (C=O) groups excluding carboxylic acids is 1. The molecular formula is C12H11N3O4. The van der Waals surface area contributed by atoms with Gasteiger partial charge < -0.3 is 4.84 Å². The van der Waals surface area contributed by atoms with Crippen LogP contribution in [0.3, 0.4) is 0 Å². The summed E-state index contributed by atoms with van der Waals surface area (Å²) in [7, 11) is 0. The lowest BCUT2D eigenvalue weighted by atomic mass is 9.86. The molecule has 7 heteroatoms. The van der Waals surface area contributed by atoms with Gasteiger partial charge in [-0.1, -0.05) is 6.42 Å². The van der Waals surface area contributed by atoms with E-state index in [1.165, 1.54) is 12.1 Å². The molecule has 1 aromatic carbocycles. The Kier molecular flexibility index (Phi) is 3.61. The van der Waals surface area contributed by atoms with Crippen molar-refractivity contribution >= 4 is 17.3 Å². The van der Waals surface area contributed by atoms with Gasteiger partial charge in [0.15, 0.2) is 0 Å². The largest absolute Gasteiger partial charge is 0.343 e. The SMILES string of the molecule is N#Cc1ccc(NOC(=O)C2CCC2)c([N+](=O)[O-])c1. The summed E-state index contributed by atoms with van der Waals surface area (Å²) >= 11 is 0. The van der Waals surface area contributed by atoms with E-state index < -0.39 is 10.9 Å². The predicted molar refractivity (Wildman–Crippen MR) is 64.9 cm³/mol. The minimum atomic E-state index is -0.639. The van der Waals surface area contributed by atoms with Crippen molar-refractivity contribution in [3.63, 3.8) is 0 Å². The van der Waals surface area contributed by atoms with Gasteiger partial charge in [0.25, 0.3) is 5.69 Å². The summed E-state index contributed by atoms with van der Waals surface area (Å²) in [5, 5.41) is 19.5. The lowest BCUT2D eigenvalue weighted by Gasteiger charge is -2.22. The third-order valence-corrected chi connectivity index (χ3v) is 3.02. The van der Waals surface area contributed by atoms with Gasteiger partial charge in [-0.15, -0.1) is 0 Å². The summed E-state index contributed by atoms with van der Waals surface area (Å²) in [5.74, 6) is -0.533. The molecule has 0 radical (unpaired) electrons. The van der Waals surface area contributed by atoms with Crippen molar-refractivity contribution in [2.24, 2.45) is 5.92 Å². The molecule has 1 N–H and O–H groups in total. The van der Waals surface area contributed by atoms with Crippen LogP contribution >= 0.6 is 0 Å². The van der Waals surface area contributed by atoms with E-state index >= 15 is 0 Å². The molecule has 1 aliphatic carbocycles. The Morgan fingerprint density at radius 3 is 2.79 bits per heavy atom. The average Bonchev–Trinajstić information content (AvgIpc) is 2.34. The molecule has 98 valence electrons. The zero-order valence-electron chi connectivity index (χ0n) is 9.96. The number of nitro benzene ring substituents is 1. The van der Waals surface area contributed by atoms with Crippen LogP contribution in [0.4, 0.5) is 11.4 Å². The number of nitrogens with one attached hydrogen (secondary N) is 1. The van der Waals surface area contributed by atoms with Gasteiger partial charge in [-0.25, -0.2) is 10.3 Å². The number of nitrogens with zero attached hydrogens (tertiary/aromatic N) is 2. The Morgan fingerprint density at radius 2 is 2.26 bits per heavy atom. The van der Waals surface area contributed by atoms with Gasteiger partial charge >= 0.3 is 5.97 Å². The summed E-state index contributed by atoms with van der Waals surface area (Å²) in [6.45, 7) is 0. The van der Waals surface area contributed by atoms with Crippen LogP contribution in [-0.2, 0) is 9.63 Å². The molecule has 19 heavy (non-hydrogen) atoms. The van der Waals surface area contributed by atoms with Gasteiger partial charge in [0.05, 0.1) is 22.5 Å². The zero-order valence-corrected chi connectivity index (χ0v) is 9.96. The lowest BCUT2D eigenvalue weighted by Crippen LogP contribution is -2.26. The molecule has 0 saturated heterocycles. The maximum atomic E-state index is 11.5. The maximum Gasteiger partial charge on any atom is 0.335 e. The van der Waals surface area contributed by atoms with Crippen LogP contribution in [-0.4, -0.2) is 10.9 Å². The first-order valence-electron chi connectivity index (χ1n) is 5.77. The maximum absolute atomic E-state index is 11.5. The summed E-state index contributed by atoms with van der Waals surface area (Å²) in [5.41, 5.74) is 2.21. The van der Waals surface area contributed by atoms with Crippen LogP contribution in [0.25, 0.3) is 0 Å². The molecule has 1 aliphatic rings. The normalized spacial score (nSPS) is 14.1. The minimum Gasteiger partial charge on any atom is -0.343 e. The van der Waals surface area contributed by atoms with E-state index in [9.17, 15) is 14.9 Å². The van der Waals surface area contributed by atoms with Crippen molar-refractivity contribution in [3.05, 3.63) is 33.9 Å². The van der Waals surface area contributed by atoms with E-state index in [2.05, 4.69) is 5.48 Å². The first-order valence-corrected chi connectivity index (χ1v) is 5.77. The summed E-state index contributed by atoms with van der Waals surface area (Å²) in [6, 6.07) is 5.68. The molecule has 0 unspecified atom stereocenters. The standard InChI is InChI=1S/C12H11N3O4/c13-7-8-4-5-10(11(6-8)15(17)18)14-19-12(16)9-2-1-3-9/h4-6,9,14H,1-3H2. The number of nitriles is 1. The molecule has 1 aromatic rings. The Hall–Kier alpha value is -2.62. The van der Waals surface area contributed by atoms with Gasteiger partial charge in [0, 0.05) is 6.07 Å². The lowest BCUT2D eigenvalue weighted by molar-refractivity contribution is -0.384. The fourth-order valence-corrected chi connectivity index (χ4v) is 1.67. The monoisotopic (exact) mass is 261 g/mol. The first kappa shape index (κ1) is 12.8. The van der Waals surface area contributed by atoms with Crippen molar-refractivity contribution in [3.8, 4) is 6.07 Å². The third-order valence-electron chi connectivity index (χ3n) is 3.02. The number of hydrogen-bond donors (Lipinski definition) is 1. The molecule has 7 nitrogen and oxygen atoms in total. The van der Waals surface area contributed by atoms with Crippen LogP contribution in [0.5, 0.6) is 0 Å². The van der Waals surface area contributed by atoms with Crippen LogP contribution in [0.15, 0.2) is 18.2 Å². The van der Waals surface area contributed by atoms with Gasteiger partial charge in [0.1, 0.15) is 5.69 Å². The van der Waals surface area contributed by atoms with Gasteiger partial charge in [0.2, 0.25) is 0 Å². The zero-order chi connectivity index (χ0) is 13.8. The Bertz CT molecular complexity index is 561. The second-order valence-corrected chi connectivity index (χ2v) is 4.25. The molecule has 0 spiro atoms. The van der Waals surface area contributed by atoms with E-state index in [-0.39, 0.29) is 22.9 Å². The number of hydrogen-bond acceptors (Lipinski definition) is 6. The smallest absolute Gasteiger partial charge is 0.335 e. The number of benzene rings is 1. The van der Waals surface area contributed by atoms with Crippen LogP contribution in [0, 0.1) is 27.4 Å².